The van der Waals surface area contributed by atoms with Gasteiger partial charge in [0, 0.05) is 16.8 Å². The van der Waals surface area contributed by atoms with Crippen LogP contribution in [-0.2, 0) is 0 Å². The van der Waals surface area contributed by atoms with Gasteiger partial charge in [-0.3, -0.25) is 4.98 Å². The average Bonchev–Trinajstić information content (AvgIpc) is 2.49. The Morgan fingerprint density at radius 2 is 1.86 bits per heavy atom. The van der Waals surface area contributed by atoms with Crippen LogP contribution in [0.2, 0.25) is 0 Å². The van der Waals surface area contributed by atoms with E-state index in [0.29, 0.717) is 22.3 Å². The Morgan fingerprint density at radius 3 is 2.59 bits per heavy atom. The molecular weight excluding hydrogens is 280 g/mol. The third-order valence-corrected chi connectivity index (χ3v) is 3.36. The highest BCUT2D eigenvalue weighted by molar-refractivity contribution is 5.99. The van der Waals surface area contributed by atoms with Crippen molar-refractivity contribution in [2.24, 2.45) is 0 Å². The number of fused-ring (bicyclic) bond motifs is 1. The second-order valence-corrected chi connectivity index (χ2v) is 4.99. The minimum Gasteiger partial charge on any atom is -0.506 e. The van der Waals surface area contributed by atoms with Crippen molar-refractivity contribution >= 4 is 28.2 Å². The number of pyridine rings is 1. The Bertz CT molecular complexity index is 875. The van der Waals surface area contributed by atoms with Crippen LogP contribution in [0, 0.1) is 6.92 Å². The number of carboxylic acid groups (broad SMARTS) is 1. The Morgan fingerprint density at radius 1 is 1.09 bits per heavy atom. The predicted molar refractivity (Wildman–Crippen MR) is 84.8 cm³/mol. The minimum atomic E-state index is -0.990. The molecule has 3 aromatic rings. The normalized spacial score (nSPS) is 10.6. The molecule has 0 spiro atoms. The molecule has 3 rings (SSSR count). The Labute approximate surface area is 126 Å². The van der Waals surface area contributed by atoms with E-state index in [4.69, 9.17) is 5.11 Å². The summed E-state index contributed by atoms with van der Waals surface area (Å²) in [6.07, 6.45) is 0. The fourth-order valence-corrected chi connectivity index (χ4v) is 2.32. The standard InChI is InChI=1S/C17H14N2O3/c1-10-8-15(19-14-4-2-3-5-16(14)20)12-9-11(17(21)22)6-7-13(12)18-10/h2-9,20H,1H3,(H,18,19)(H,21,22). The molecule has 0 saturated heterocycles. The summed E-state index contributed by atoms with van der Waals surface area (Å²) >= 11 is 0. The third-order valence-electron chi connectivity index (χ3n) is 3.36. The number of nitrogens with one attached hydrogen (secondary N) is 1. The Hall–Kier alpha value is -3.08. The summed E-state index contributed by atoms with van der Waals surface area (Å²) in [5.74, 6) is -0.865. The molecule has 1 aromatic heterocycles. The minimum absolute atomic E-state index is 0.125. The van der Waals surface area contributed by atoms with Crippen molar-refractivity contribution in [3.8, 4) is 5.75 Å². The van der Waals surface area contributed by atoms with Gasteiger partial charge < -0.3 is 15.5 Å². The van der Waals surface area contributed by atoms with Crippen LogP contribution in [0.5, 0.6) is 5.75 Å². The summed E-state index contributed by atoms with van der Waals surface area (Å²) in [6, 6.07) is 13.5. The quantitative estimate of drug-likeness (QED) is 0.642. The average molecular weight is 294 g/mol. The van der Waals surface area contributed by atoms with Crippen molar-refractivity contribution in [2.45, 2.75) is 6.92 Å². The van der Waals surface area contributed by atoms with Crippen LogP contribution in [0.4, 0.5) is 11.4 Å². The summed E-state index contributed by atoms with van der Waals surface area (Å²) in [5, 5.41) is 22.9. The molecule has 22 heavy (non-hydrogen) atoms. The highest BCUT2D eigenvalue weighted by Gasteiger charge is 2.10. The molecule has 0 radical (unpaired) electrons. The lowest BCUT2D eigenvalue weighted by Gasteiger charge is -2.12. The number of aryl methyl sites for hydroxylation is 1. The lowest BCUT2D eigenvalue weighted by atomic mass is 10.1. The second kappa shape index (κ2) is 5.37. The van der Waals surface area contributed by atoms with Gasteiger partial charge in [-0.2, -0.15) is 0 Å². The highest BCUT2D eigenvalue weighted by Crippen LogP contribution is 2.31. The van der Waals surface area contributed by atoms with Crippen molar-refractivity contribution in [3.63, 3.8) is 0 Å². The summed E-state index contributed by atoms with van der Waals surface area (Å²) < 4.78 is 0. The fraction of sp³-hybridized carbons (Fsp3) is 0.0588. The number of phenolic OH excluding ortho intramolecular Hbond substituents is 1. The van der Waals surface area contributed by atoms with E-state index in [1.165, 1.54) is 6.07 Å². The van der Waals surface area contributed by atoms with Crippen LogP contribution >= 0.6 is 0 Å². The number of carbonyl (C=O) groups is 1. The predicted octanol–water partition coefficient (Wildman–Crippen LogP) is 3.69. The molecule has 1 heterocycles. The molecule has 0 aliphatic heterocycles. The van der Waals surface area contributed by atoms with Crippen molar-refractivity contribution < 1.29 is 15.0 Å². The number of aromatic nitrogens is 1. The van der Waals surface area contributed by atoms with Gasteiger partial charge in [-0.1, -0.05) is 12.1 Å². The second-order valence-electron chi connectivity index (χ2n) is 4.99. The van der Waals surface area contributed by atoms with Crippen LogP contribution in [0.3, 0.4) is 0 Å². The van der Waals surface area contributed by atoms with E-state index in [9.17, 15) is 9.90 Å². The third kappa shape index (κ3) is 2.56. The maximum Gasteiger partial charge on any atom is 0.335 e. The number of carboxylic acids is 1. The molecule has 0 aliphatic carbocycles. The molecule has 5 heteroatoms. The van der Waals surface area contributed by atoms with E-state index in [0.717, 1.165) is 5.69 Å². The van der Waals surface area contributed by atoms with Gasteiger partial charge in [0.25, 0.3) is 0 Å². The van der Waals surface area contributed by atoms with E-state index in [-0.39, 0.29) is 11.3 Å². The number of nitrogens with zero attached hydrogens (tertiary/aromatic N) is 1. The molecule has 0 amide bonds. The maximum atomic E-state index is 11.2. The number of aromatic hydroxyl groups is 1. The van der Waals surface area contributed by atoms with Crippen LogP contribution in [0.15, 0.2) is 48.5 Å². The SMILES string of the molecule is Cc1cc(Nc2ccccc2O)c2cc(C(=O)O)ccc2n1. The van der Waals surface area contributed by atoms with Gasteiger partial charge in [-0.15, -0.1) is 0 Å². The topological polar surface area (TPSA) is 82.5 Å². The molecule has 5 nitrogen and oxygen atoms in total. The Kier molecular flexibility index (Phi) is 3.39. The van der Waals surface area contributed by atoms with Crippen LogP contribution in [0.1, 0.15) is 16.1 Å². The van der Waals surface area contributed by atoms with Gasteiger partial charge in [-0.25, -0.2) is 4.79 Å². The summed E-state index contributed by atoms with van der Waals surface area (Å²) in [6.45, 7) is 1.86. The number of aromatic carboxylic acids is 1. The largest absolute Gasteiger partial charge is 0.506 e. The van der Waals surface area contributed by atoms with Gasteiger partial charge in [-0.05, 0) is 43.3 Å². The van der Waals surface area contributed by atoms with E-state index < -0.39 is 5.97 Å². The number of rotatable bonds is 3. The van der Waals surface area contributed by atoms with E-state index in [2.05, 4.69) is 10.3 Å². The molecule has 2 aromatic carbocycles. The number of para-hydroxylation sites is 2. The molecular formula is C17H14N2O3. The maximum absolute atomic E-state index is 11.2. The lowest BCUT2D eigenvalue weighted by molar-refractivity contribution is 0.0697. The molecule has 0 aliphatic rings. The molecule has 0 fully saturated rings. The first-order valence-electron chi connectivity index (χ1n) is 6.74. The van der Waals surface area contributed by atoms with Gasteiger partial charge in [0.15, 0.2) is 0 Å². The molecule has 0 atom stereocenters. The molecule has 0 bridgehead atoms. The number of benzene rings is 2. The van der Waals surface area contributed by atoms with Gasteiger partial charge in [0.05, 0.1) is 16.8 Å². The zero-order chi connectivity index (χ0) is 15.7. The van der Waals surface area contributed by atoms with E-state index >= 15 is 0 Å². The first-order chi connectivity index (χ1) is 10.5. The highest BCUT2D eigenvalue weighted by atomic mass is 16.4. The van der Waals surface area contributed by atoms with Gasteiger partial charge >= 0.3 is 5.97 Å². The lowest BCUT2D eigenvalue weighted by Crippen LogP contribution is -1.99. The van der Waals surface area contributed by atoms with Crippen molar-refractivity contribution in [2.75, 3.05) is 5.32 Å². The first kappa shape index (κ1) is 13.9. The van der Waals surface area contributed by atoms with E-state index in [1.54, 1.807) is 36.4 Å². The van der Waals surface area contributed by atoms with Gasteiger partial charge in [0.1, 0.15) is 5.75 Å². The van der Waals surface area contributed by atoms with Gasteiger partial charge in [0.2, 0.25) is 0 Å². The first-order valence-corrected chi connectivity index (χ1v) is 6.74. The summed E-state index contributed by atoms with van der Waals surface area (Å²) in [5.41, 5.74) is 2.94. The zero-order valence-corrected chi connectivity index (χ0v) is 11.9. The smallest absolute Gasteiger partial charge is 0.335 e. The Balaban J connectivity index is 2.17. The summed E-state index contributed by atoms with van der Waals surface area (Å²) in [4.78, 5) is 15.6. The number of hydrogen-bond acceptors (Lipinski definition) is 4. The van der Waals surface area contributed by atoms with Crippen LogP contribution in [-0.4, -0.2) is 21.2 Å². The number of phenols is 1. The summed E-state index contributed by atoms with van der Waals surface area (Å²) in [7, 11) is 0. The number of hydrogen-bond donors (Lipinski definition) is 3. The van der Waals surface area contributed by atoms with Crippen LogP contribution in [0.25, 0.3) is 10.9 Å². The molecule has 3 N–H and O–H groups in total. The van der Waals surface area contributed by atoms with E-state index in [1.807, 2.05) is 13.0 Å². The molecule has 0 unspecified atom stereocenters. The molecule has 110 valence electrons. The zero-order valence-electron chi connectivity index (χ0n) is 11.9. The fourth-order valence-electron chi connectivity index (χ4n) is 2.32. The monoisotopic (exact) mass is 294 g/mol. The van der Waals surface area contributed by atoms with Crippen LogP contribution < -0.4 is 5.32 Å². The number of anilines is 2. The van der Waals surface area contributed by atoms with Crippen molar-refractivity contribution in [1.29, 1.82) is 0 Å². The van der Waals surface area contributed by atoms with Crippen molar-refractivity contribution in [1.82, 2.24) is 4.98 Å². The van der Waals surface area contributed by atoms with Crippen molar-refractivity contribution in [3.05, 3.63) is 59.8 Å². The molecule has 0 saturated carbocycles.